The van der Waals surface area contributed by atoms with Gasteiger partial charge in [0.15, 0.2) is 0 Å². The Hall–Kier alpha value is -1.55. The van der Waals surface area contributed by atoms with E-state index in [9.17, 15) is 4.79 Å². The molecule has 0 radical (unpaired) electrons. The number of hydrogen-bond donors (Lipinski definition) is 2. The predicted molar refractivity (Wildman–Crippen MR) is 56.8 cm³/mol. The molecular formula is C11H15NO3. The quantitative estimate of drug-likeness (QED) is 0.704. The molecule has 1 heterocycles. The van der Waals surface area contributed by atoms with Crippen LogP contribution >= 0.6 is 0 Å². The van der Waals surface area contributed by atoms with Crippen molar-refractivity contribution in [1.82, 2.24) is 5.32 Å². The molecule has 0 amide bonds. The van der Waals surface area contributed by atoms with Crippen molar-refractivity contribution in [3.05, 3.63) is 36.3 Å². The molecule has 1 unspecified atom stereocenters. The van der Waals surface area contributed by atoms with Crippen LogP contribution in [0, 0.1) is 0 Å². The van der Waals surface area contributed by atoms with Crippen LogP contribution in [0.25, 0.3) is 0 Å². The van der Waals surface area contributed by atoms with Crippen LogP contribution in [0.15, 0.2) is 29.2 Å². The maximum atomic E-state index is 10.5. The normalized spacial score (nSPS) is 12.3. The summed E-state index contributed by atoms with van der Waals surface area (Å²) in [5, 5.41) is 11.8. The van der Waals surface area contributed by atoms with Crippen molar-refractivity contribution in [2.24, 2.45) is 0 Å². The molecular weight excluding hydrogens is 194 g/mol. The van der Waals surface area contributed by atoms with Gasteiger partial charge in [-0.2, -0.15) is 0 Å². The van der Waals surface area contributed by atoms with Crippen molar-refractivity contribution < 1.29 is 14.3 Å². The zero-order valence-corrected chi connectivity index (χ0v) is 8.69. The van der Waals surface area contributed by atoms with Gasteiger partial charge in [-0.15, -0.1) is 6.58 Å². The maximum Gasteiger partial charge on any atom is 0.371 e. The smallest absolute Gasteiger partial charge is 0.371 e. The van der Waals surface area contributed by atoms with Gasteiger partial charge < -0.3 is 14.8 Å². The molecule has 0 spiro atoms. The first kappa shape index (κ1) is 11.5. The van der Waals surface area contributed by atoms with E-state index < -0.39 is 5.97 Å². The topological polar surface area (TPSA) is 62.5 Å². The zero-order valence-electron chi connectivity index (χ0n) is 8.69. The van der Waals surface area contributed by atoms with Crippen LogP contribution in [0.5, 0.6) is 0 Å². The Bertz CT molecular complexity index is 343. The summed E-state index contributed by atoms with van der Waals surface area (Å²) < 4.78 is 5.09. The van der Waals surface area contributed by atoms with Crippen LogP contribution in [-0.2, 0) is 6.54 Å². The molecule has 0 saturated heterocycles. The first-order valence-electron chi connectivity index (χ1n) is 4.79. The van der Waals surface area contributed by atoms with Crippen molar-refractivity contribution >= 4 is 5.97 Å². The van der Waals surface area contributed by atoms with E-state index >= 15 is 0 Å². The minimum atomic E-state index is -1.04. The summed E-state index contributed by atoms with van der Waals surface area (Å²) in [6, 6.07) is 3.43. The SMILES string of the molecule is C=CCC(C)NCc1ccc(C(=O)O)o1. The van der Waals surface area contributed by atoms with Gasteiger partial charge in [0, 0.05) is 6.04 Å². The van der Waals surface area contributed by atoms with E-state index in [1.807, 2.05) is 13.0 Å². The van der Waals surface area contributed by atoms with Crippen LogP contribution in [0.3, 0.4) is 0 Å². The Kier molecular flexibility index (Phi) is 4.12. The van der Waals surface area contributed by atoms with E-state index in [4.69, 9.17) is 9.52 Å². The Morgan fingerprint density at radius 2 is 2.47 bits per heavy atom. The number of furan rings is 1. The Labute approximate surface area is 88.6 Å². The molecule has 0 aliphatic carbocycles. The van der Waals surface area contributed by atoms with Gasteiger partial charge in [-0.05, 0) is 25.5 Å². The van der Waals surface area contributed by atoms with Gasteiger partial charge in [-0.25, -0.2) is 4.79 Å². The summed E-state index contributed by atoms with van der Waals surface area (Å²) in [4.78, 5) is 10.5. The van der Waals surface area contributed by atoms with Crippen molar-refractivity contribution in [3.63, 3.8) is 0 Å². The van der Waals surface area contributed by atoms with Crippen molar-refractivity contribution in [2.45, 2.75) is 25.9 Å². The van der Waals surface area contributed by atoms with Crippen LogP contribution in [-0.4, -0.2) is 17.1 Å². The van der Waals surface area contributed by atoms with Gasteiger partial charge in [0.05, 0.1) is 6.54 Å². The van der Waals surface area contributed by atoms with Crippen molar-refractivity contribution in [3.8, 4) is 0 Å². The van der Waals surface area contributed by atoms with E-state index in [-0.39, 0.29) is 5.76 Å². The summed E-state index contributed by atoms with van der Waals surface area (Å²) >= 11 is 0. The standard InChI is InChI=1S/C11H15NO3/c1-3-4-8(2)12-7-9-5-6-10(15-9)11(13)14/h3,5-6,8,12H,1,4,7H2,2H3,(H,13,14). The molecule has 82 valence electrons. The van der Waals surface area contributed by atoms with E-state index in [1.165, 1.54) is 6.07 Å². The third-order valence-corrected chi connectivity index (χ3v) is 2.02. The average molecular weight is 209 g/mol. The molecule has 1 aromatic heterocycles. The number of rotatable bonds is 6. The lowest BCUT2D eigenvalue weighted by Crippen LogP contribution is -2.24. The number of carboxylic acid groups (broad SMARTS) is 1. The molecule has 2 N–H and O–H groups in total. The summed E-state index contributed by atoms with van der Waals surface area (Å²) in [7, 11) is 0. The van der Waals surface area contributed by atoms with Crippen LogP contribution in [0.4, 0.5) is 0 Å². The minimum Gasteiger partial charge on any atom is -0.475 e. The number of carboxylic acids is 1. The highest BCUT2D eigenvalue weighted by atomic mass is 16.4. The van der Waals surface area contributed by atoms with E-state index in [2.05, 4.69) is 11.9 Å². The molecule has 0 fully saturated rings. The molecule has 0 aliphatic rings. The van der Waals surface area contributed by atoms with Crippen molar-refractivity contribution in [2.75, 3.05) is 0 Å². The lowest BCUT2D eigenvalue weighted by Gasteiger charge is -2.09. The molecule has 4 heteroatoms. The van der Waals surface area contributed by atoms with Crippen LogP contribution < -0.4 is 5.32 Å². The molecule has 1 atom stereocenters. The second kappa shape index (κ2) is 5.36. The summed E-state index contributed by atoms with van der Waals surface area (Å²) in [5.74, 6) is -0.438. The van der Waals surface area contributed by atoms with Gasteiger partial charge in [0.25, 0.3) is 0 Å². The van der Waals surface area contributed by atoms with Gasteiger partial charge in [-0.1, -0.05) is 6.08 Å². The largest absolute Gasteiger partial charge is 0.475 e. The van der Waals surface area contributed by atoms with E-state index in [0.29, 0.717) is 18.3 Å². The lowest BCUT2D eigenvalue weighted by atomic mass is 10.2. The number of hydrogen-bond acceptors (Lipinski definition) is 3. The predicted octanol–water partition coefficient (Wildman–Crippen LogP) is 2.03. The summed E-state index contributed by atoms with van der Waals surface area (Å²) in [5.41, 5.74) is 0. The monoisotopic (exact) mass is 209 g/mol. The average Bonchev–Trinajstić information content (AvgIpc) is 2.63. The fourth-order valence-corrected chi connectivity index (χ4v) is 1.20. The minimum absolute atomic E-state index is 0.0248. The highest BCUT2D eigenvalue weighted by Crippen LogP contribution is 2.07. The highest BCUT2D eigenvalue weighted by Gasteiger charge is 2.08. The first-order valence-corrected chi connectivity index (χ1v) is 4.79. The first-order chi connectivity index (χ1) is 7.13. The van der Waals surface area contributed by atoms with Gasteiger partial charge in [-0.3, -0.25) is 0 Å². The van der Waals surface area contributed by atoms with Crippen LogP contribution in [0.1, 0.15) is 29.7 Å². The number of nitrogens with one attached hydrogen (secondary N) is 1. The van der Waals surface area contributed by atoms with Gasteiger partial charge in [0.1, 0.15) is 5.76 Å². The molecule has 15 heavy (non-hydrogen) atoms. The lowest BCUT2D eigenvalue weighted by molar-refractivity contribution is 0.0660. The zero-order chi connectivity index (χ0) is 11.3. The third kappa shape index (κ3) is 3.59. The Balaban J connectivity index is 2.44. The molecule has 0 bridgehead atoms. The summed E-state index contributed by atoms with van der Waals surface area (Å²) in [6.07, 6.45) is 2.70. The molecule has 0 aromatic carbocycles. The molecule has 0 aliphatic heterocycles. The Morgan fingerprint density at radius 1 is 1.73 bits per heavy atom. The Morgan fingerprint density at radius 3 is 3.00 bits per heavy atom. The van der Waals surface area contributed by atoms with Gasteiger partial charge >= 0.3 is 5.97 Å². The van der Waals surface area contributed by atoms with E-state index in [0.717, 1.165) is 6.42 Å². The molecule has 1 rings (SSSR count). The fourth-order valence-electron chi connectivity index (χ4n) is 1.20. The fraction of sp³-hybridized carbons (Fsp3) is 0.364. The maximum absolute atomic E-state index is 10.5. The van der Waals surface area contributed by atoms with Crippen LogP contribution in [0.2, 0.25) is 0 Å². The molecule has 4 nitrogen and oxygen atoms in total. The second-order valence-corrected chi connectivity index (χ2v) is 3.38. The number of aromatic carboxylic acids is 1. The van der Waals surface area contributed by atoms with E-state index in [1.54, 1.807) is 6.07 Å². The number of carbonyl (C=O) groups is 1. The highest BCUT2D eigenvalue weighted by molar-refractivity contribution is 5.84. The third-order valence-electron chi connectivity index (χ3n) is 2.02. The molecule has 0 saturated carbocycles. The molecule has 1 aromatic rings. The second-order valence-electron chi connectivity index (χ2n) is 3.38. The van der Waals surface area contributed by atoms with Crippen molar-refractivity contribution in [1.29, 1.82) is 0 Å². The van der Waals surface area contributed by atoms with Gasteiger partial charge in [0.2, 0.25) is 5.76 Å². The summed E-state index contributed by atoms with van der Waals surface area (Å²) in [6.45, 7) is 6.20.